The van der Waals surface area contributed by atoms with Gasteiger partial charge in [-0.1, -0.05) is 12.1 Å². The van der Waals surface area contributed by atoms with Crippen molar-refractivity contribution in [3.8, 4) is 0 Å². The first-order valence-electron chi connectivity index (χ1n) is 9.20. The van der Waals surface area contributed by atoms with E-state index in [1.807, 2.05) is 12.1 Å². The average molecular weight is 349 g/mol. The molecule has 3 rings (SSSR count). The molecule has 2 saturated heterocycles. The lowest BCUT2D eigenvalue weighted by molar-refractivity contribution is -0.122. The topological polar surface area (TPSA) is 58.8 Å². The van der Waals surface area contributed by atoms with Crippen molar-refractivity contribution in [3.05, 3.63) is 35.6 Å². The molecule has 0 saturated carbocycles. The first kappa shape index (κ1) is 18.3. The fraction of sp³-hybridized carbons (Fsp3) is 0.632. The number of nitrogens with zero attached hydrogens (tertiary/aromatic N) is 2. The fourth-order valence-corrected chi connectivity index (χ4v) is 3.81. The van der Waals surface area contributed by atoms with E-state index in [1.165, 1.54) is 12.1 Å². The summed E-state index contributed by atoms with van der Waals surface area (Å²) in [6, 6.07) is 7.14. The van der Waals surface area contributed by atoms with E-state index in [1.54, 1.807) is 0 Å². The molecule has 2 aliphatic rings. The maximum Gasteiger partial charge on any atom is 0.223 e. The Hall–Kier alpha value is -1.50. The Bertz CT molecular complexity index is 560. The predicted molar refractivity (Wildman–Crippen MR) is 94.6 cm³/mol. The number of halogens is 1. The highest BCUT2D eigenvalue weighted by molar-refractivity contribution is 5.77. The Morgan fingerprint density at radius 1 is 1.16 bits per heavy atom. The summed E-state index contributed by atoms with van der Waals surface area (Å²) in [4.78, 5) is 16.6. The molecule has 1 unspecified atom stereocenters. The van der Waals surface area contributed by atoms with Crippen LogP contribution in [0.25, 0.3) is 0 Å². The van der Waals surface area contributed by atoms with Crippen molar-refractivity contribution in [2.45, 2.75) is 25.3 Å². The number of rotatable bonds is 5. The van der Waals surface area contributed by atoms with Gasteiger partial charge in [-0.15, -0.1) is 0 Å². The minimum atomic E-state index is -0.217. The molecule has 0 bridgehead atoms. The minimum Gasteiger partial charge on any atom is -0.381 e. The quantitative estimate of drug-likeness (QED) is 0.870. The van der Waals surface area contributed by atoms with Gasteiger partial charge in [0.15, 0.2) is 0 Å². The van der Waals surface area contributed by atoms with Gasteiger partial charge in [-0.3, -0.25) is 9.69 Å². The number of nitrogens with two attached hydrogens (primary N) is 1. The summed E-state index contributed by atoms with van der Waals surface area (Å²) in [5.74, 6) is -0.566. The molecule has 1 atom stereocenters. The molecule has 2 heterocycles. The zero-order valence-electron chi connectivity index (χ0n) is 14.7. The zero-order valence-corrected chi connectivity index (χ0v) is 14.7. The number of carbonyl (C=O) groups is 1. The molecule has 5 nitrogen and oxygen atoms in total. The second kappa shape index (κ2) is 8.74. The van der Waals surface area contributed by atoms with E-state index >= 15 is 0 Å². The highest BCUT2D eigenvalue weighted by atomic mass is 19.1. The smallest absolute Gasteiger partial charge is 0.223 e. The predicted octanol–water partition coefficient (Wildman–Crippen LogP) is 1.27. The Balaban J connectivity index is 1.58. The van der Waals surface area contributed by atoms with Crippen LogP contribution in [0.15, 0.2) is 24.3 Å². The van der Waals surface area contributed by atoms with Crippen molar-refractivity contribution < 1.29 is 13.9 Å². The van der Waals surface area contributed by atoms with Gasteiger partial charge in [0, 0.05) is 52.0 Å². The molecule has 2 aliphatic heterocycles. The molecular weight excluding hydrogens is 321 g/mol. The summed E-state index contributed by atoms with van der Waals surface area (Å²) in [7, 11) is 0. The van der Waals surface area contributed by atoms with E-state index in [2.05, 4.69) is 9.80 Å². The average Bonchev–Trinajstić information content (AvgIpc) is 2.85. The zero-order chi connectivity index (χ0) is 17.6. The lowest BCUT2D eigenvalue weighted by Gasteiger charge is -2.34. The van der Waals surface area contributed by atoms with Gasteiger partial charge >= 0.3 is 0 Å². The van der Waals surface area contributed by atoms with Crippen molar-refractivity contribution in [1.82, 2.24) is 9.80 Å². The van der Waals surface area contributed by atoms with E-state index in [4.69, 9.17) is 10.5 Å². The van der Waals surface area contributed by atoms with Crippen molar-refractivity contribution in [2.24, 2.45) is 11.7 Å². The van der Waals surface area contributed by atoms with Crippen LogP contribution in [0, 0.1) is 11.7 Å². The maximum atomic E-state index is 13.0. The number of primary amides is 1. The number of hydrogen-bond donors (Lipinski definition) is 1. The van der Waals surface area contributed by atoms with E-state index in [0.29, 0.717) is 12.6 Å². The molecule has 0 radical (unpaired) electrons. The van der Waals surface area contributed by atoms with Crippen LogP contribution in [0.1, 0.15) is 18.4 Å². The normalized spacial score (nSPS) is 24.1. The third-order valence-electron chi connectivity index (χ3n) is 5.38. The van der Waals surface area contributed by atoms with E-state index in [0.717, 1.165) is 64.2 Å². The van der Waals surface area contributed by atoms with Crippen LogP contribution in [0.4, 0.5) is 4.39 Å². The molecular formula is C19H28FN3O2. The summed E-state index contributed by atoms with van der Waals surface area (Å²) in [5.41, 5.74) is 6.77. The van der Waals surface area contributed by atoms with Crippen molar-refractivity contribution >= 4 is 5.91 Å². The highest BCUT2D eigenvalue weighted by Gasteiger charge is 2.30. The molecule has 2 fully saturated rings. The van der Waals surface area contributed by atoms with Crippen molar-refractivity contribution in [1.29, 1.82) is 0 Å². The highest BCUT2D eigenvalue weighted by Crippen LogP contribution is 2.19. The summed E-state index contributed by atoms with van der Waals surface area (Å²) < 4.78 is 18.5. The molecule has 1 amide bonds. The lowest BCUT2D eigenvalue weighted by Crippen LogP contribution is -2.44. The van der Waals surface area contributed by atoms with Gasteiger partial charge in [-0.25, -0.2) is 4.39 Å². The van der Waals surface area contributed by atoms with E-state index < -0.39 is 0 Å². The Labute approximate surface area is 148 Å². The molecule has 0 aromatic heterocycles. The molecule has 2 N–H and O–H groups in total. The van der Waals surface area contributed by atoms with Crippen LogP contribution >= 0.6 is 0 Å². The number of ether oxygens (including phenoxy) is 1. The van der Waals surface area contributed by atoms with Gasteiger partial charge < -0.3 is 15.4 Å². The van der Waals surface area contributed by atoms with Gasteiger partial charge in [-0.05, 0) is 37.0 Å². The van der Waals surface area contributed by atoms with Crippen LogP contribution in [0.3, 0.4) is 0 Å². The van der Waals surface area contributed by atoms with Crippen LogP contribution in [0.2, 0.25) is 0 Å². The van der Waals surface area contributed by atoms with E-state index in [-0.39, 0.29) is 17.6 Å². The van der Waals surface area contributed by atoms with E-state index in [9.17, 15) is 9.18 Å². The minimum absolute atomic E-state index is 0.140. The molecule has 0 aliphatic carbocycles. The van der Waals surface area contributed by atoms with Crippen LogP contribution in [0.5, 0.6) is 0 Å². The third kappa shape index (κ3) is 5.23. The third-order valence-corrected chi connectivity index (χ3v) is 5.38. The Morgan fingerprint density at radius 2 is 1.88 bits per heavy atom. The second-order valence-electron chi connectivity index (χ2n) is 7.11. The lowest BCUT2D eigenvalue weighted by atomic mass is 10.0. The second-order valence-corrected chi connectivity index (χ2v) is 7.11. The molecule has 0 spiro atoms. The number of amides is 1. The summed E-state index contributed by atoms with van der Waals surface area (Å²) in [6.45, 7) is 5.80. The summed E-state index contributed by atoms with van der Waals surface area (Å²) in [6.07, 6.45) is 2.91. The molecule has 6 heteroatoms. The SMILES string of the molecule is NC(=O)C1CN(CCc2ccc(F)cc2)CCN(C2CCOCC2)C1. The molecule has 1 aromatic carbocycles. The summed E-state index contributed by atoms with van der Waals surface area (Å²) >= 11 is 0. The number of hydrogen-bond acceptors (Lipinski definition) is 4. The number of carbonyl (C=O) groups excluding carboxylic acids is 1. The van der Waals surface area contributed by atoms with Crippen LogP contribution in [-0.2, 0) is 16.0 Å². The van der Waals surface area contributed by atoms with Gasteiger partial charge in [0.2, 0.25) is 5.91 Å². The van der Waals surface area contributed by atoms with Crippen LogP contribution in [-0.4, -0.2) is 67.7 Å². The Kier molecular flexibility index (Phi) is 6.39. The van der Waals surface area contributed by atoms with Crippen LogP contribution < -0.4 is 5.73 Å². The fourth-order valence-electron chi connectivity index (χ4n) is 3.81. The van der Waals surface area contributed by atoms with Gasteiger partial charge in [0.1, 0.15) is 5.82 Å². The number of benzene rings is 1. The maximum absolute atomic E-state index is 13.0. The first-order valence-corrected chi connectivity index (χ1v) is 9.20. The van der Waals surface area contributed by atoms with Gasteiger partial charge in [-0.2, -0.15) is 0 Å². The molecule has 25 heavy (non-hydrogen) atoms. The molecule has 138 valence electrons. The summed E-state index contributed by atoms with van der Waals surface area (Å²) in [5, 5.41) is 0. The van der Waals surface area contributed by atoms with Gasteiger partial charge in [0.25, 0.3) is 0 Å². The van der Waals surface area contributed by atoms with Crippen molar-refractivity contribution in [2.75, 3.05) is 45.9 Å². The first-order chi connectivity index (χ1) is 12.1. The van der Waals surface area contributed by atoms with Crippen molar-refractivity contribution in [3.63, 3.8) is 0 Å². The molecule has 1 aromatic rings. The Morgan fingerprint density at radius 3 is 2.56 bits per heavy atom. The largest absolute Gasteiger partial charge is 0.381 e. The monoisotopic (exact) mass is 349 g/mol. The van der Waals surface area contributed by atoms with Gasteiger partial charge in [0.05, 0.1) is 5.92 Å². The standard InChI is InChI=1S/C19H28FN3O2/c20-17-3-1-15(2-4-17)5-8-22-9-10-23(14-16(13-22)19(21)24)18-6-11-25-12-7-18/h1-4,16,18H,5-14H2,(H2,21,24).